The molecule has 0 unspecified atom stereocenters. The molecule has 0 atom stereocenters. The first kappa shape index (κ1) is 9.18. The van der Waals surface area contributed by atoms with E-state index in [0.717, 1.165) is 0 Å². The molecular formula is C8H10N2O3. The molecular weight excluding hydrogens is 172 g/mol. The topological polar surface area (TPSA) is 98.6 Å². The summed E-state index contributed by atoms with van der Waals surface area (Å²) in [5.74, 6) is -0.974. The number of phenolic OH excluding ortho intramolecular Hbond substituents is 1. The Hall–Kier alpha value is -1.91. The molecule has 0 radical (unpaired) electrons. The van der Waals surface area contributed by atoms with E-state index in [4.69, 9.17) is 11.5 Å². The van der Waals surface area contributed by atoms with E-state index >= 15 is 0 Å². The molecule has 70 valence electrons. The lowest BCUT2D eigenvalue weighted by molar-refractivity contribution is 0.0597. The number of benzene rings is 1. The van der Waals surface area contributed by atoms with Gasteiger partial charge in [-0.1, -0.05) is 0 Å². The number of phenols is 1. The van der Waals surface area contributed by atoms with Gasteiger partial charge in [-0.25, -0.2) is 4.79 Å². The lowest BCUT2D eigenvalue weighted by Crippen LogP contribution is -2.04. The van der Waals surface area contributed by atoms with Crippen LogP contribution in [0.25, 0.3) is 0 Å². The minimum atomic E-state index is -0.670. The van der Waals surface area contributed by atoms with Gasteiger partial charge in [-0.3, -0.25) is 0 Å². The predicted molar refractivity (Wildman–Crippen MR) is 48.3 cm³/mol. The van der Waals surface area contributed by atoms with Crippen LogP contribution in [0.4, 0.5) is 11.4 Å². The summed E-state index contributed by atoms with van der Waals surface area (Å²) in [5, 5.41) is 9.34. The van der Waals surface area contributed by atoms with E-state index in [2.05, 4.69) is 4.74 Å². The van der Waals surface area contributed by atoms with Crippen LogP contribution >= 0.6 is 0 Å². The third-order valence-corrected chi connectivity index (χ3v) is 1.57. The van der Waals surface area contributed by atoms with Crippen LogP contribution < -0.4 is 11.5 Å². The molecule has 1 rings (SSSR count). The number of carbonyl (C=O) groups is 1. The smallest absolute Gasteiger partial charge is 0.341 e. The Morgan fingerprint density at radius 2 is 2.08 bits per heavy atom. The molecule has 5 N–H and O–H groups in total. The largest absolute Gasteiger partial charge is 0.505 e. The summed E-state index contributed by atoms with van der Waals surface area (Å²) in [7, 11) is 1.21. The van der Waals surface area contributed by atoms with Crippen molar-refractivity contribution in [2.45, 2.75) is 0 Å². The van der Waals surface area contributed by atoms with Crippen LogP contribution in [0.5, 0.6) is 5.75 Å². The fourth-order valence-corrected chi connectivity index (χ4v) is 0.946. The van der Waals surface area contributed by atoms with Gasteiger partial charge >= 0.3 is 5.97 Å². The van der Waals surface area contributed by atoms with Crippen molar-refractivity contribution in [3.63, 3.8) is 0 Å². The molecule has 0 aromatic heterocycles. The van der Waals surface area contributed by atoms with Crippen LogP contribution in [0.15, 0.2) is 12.1 Å². The Morgan fingerprint density at radius 3 is 2.62 bits per heavy atom. The Morgan fingerprint density at radius 1 is 1.46 bits per heavy atom. The summed E-state index contributed by atoms with van der Waals surface area (Å²) >= 11 is 0. The number of aromatic hydroxyl groups is 1. The SMILES string of the molecule is COC(=O)c1cc(N)cc(N)c1O. The minimum absolute atomic E-state index is 0.0278. The molecule has 1 aromatic rings. The lowest BCUT2D eigenvalue weighted by atomic mass is 10.1. The normalized spacial score (nSPS) is 9.62. The van der Waals surface area contributed by atoms with Gasteiger partial charge in [-0.15, -0.1) is 0 Å². The third kappa shape index (κ3) is 1.64. The van der Waals surface area contributed by atoms with E-state index < -0.39 is 5.97 Å². The first-order valence-corrected chi connectivity index (χ1v) is 3.52. The minimum Gasteiger partial charge on any atom is -0.505 e. The van der Waals surface area contributed by atoms with Crippen molar-refractivity contribution in [1.29, 1.82) is 0 Å². The molecule has 0 saturated carbocycles. The molecule has 0 heterocycles. The number of methoxy groups -OCH3 is 1. The molecule has 13 heavy (non-hydrogen) atoms. The number of anilines is 2. The van der Waals surface area contributed by atoms with E-state index in [-0.39, 0.29) is 17.0 Å². The maximum Gasteiger partial charge on any atom is 0.341 e. The van der Waals surface area contributed by atoms with Gasteiger partial charge in [0.25, 0.3) is 0 Å². The van der Waals surface area contributed by atoms with Crippen LogP contribution in [0.3, 0.4) is 0 Å². The van der Waals surface area contributed by atoms with Crippen molar-refractivity contribution in [2.75, 3.05) is 18.6 Å². The molecule has 0 aliphatic carbocycles. The van der Waals surface area contributed by atoms with Gasteiger partial charge in [-0.2, -0.15) is 0 Å². The van der Waals surface area contributed by atoms with Gasteiger partial charge < -0.3 is 21.3 Å². The van der Waals surface area contributed by atoms with E-state index in [1.165, 1.54) is 19.2 Å². The van der Waals surface area contributed by atoms with Crippen LogP contribution in [0, 0.1) is 0 Å². The van der Waals surface area contributed by atoms with Crippen molar-refractivity contribution in [1.82, 2.24) is 0 Å². The first-order chi connectivity index (χ1) is 6.06. The Balaban J connectivity index is 3.28. The zero-order chi connectivity index (χ0) is 10.0. The molecule has 0 saturated heterocycles. The van der Waals surface area contributed by atoms with Gasteiger partial charge in [0, 0.05) is 5.69 Å². The molecule has 5 heteroatoms. The number of ether oxygens (including phenoxy) is 1. The summed E-state index contributed by atoms with van der Waals surface area (Å²) in [6.07, 6.45) is 0. The zero-order valence-corrected chi connectivity index (χ0v) is 7.07. The van der Waals surface area contributed by atoms with Crippen LogP contribution in [0.2, 0.25) is 0 Å². The molecule has 0 aliphatic heterocycles. The maximum atomic E-state index is 11.0. The van der Waals surface area contributed by atoms with Gasteiger partial charge in [0.05, 0.1) is 12.8 Å². The summed E-state index contributed by atoms with van der Waals surface area (Å²) in [4.78, 5) is 11.0. The summed E-state index contributed by atoms with van der Waals surface area (Å²) < 4.78 is 4.42. The zero-order valence-electron chi connectivity index (χ0n) is 7.07. The number of hydrogen-bond acceptors (Lipinski definition) is 5. The van der Waals surface area contributed by atoms with E-state index in [0.29, 0.717) is 5.69 Å². The van der Waals surface area contributed by atoms with Crippen molar-refractivity contribution in [3.8, 4) is 5.75 Å². The number of nitrogen functional groups attached to an aromatic ring is 2. The average Bonchev–Trinajstić information content (AvgIpc) is 2.10. The quantitative estimate of drug-likeness (QED) is 0.252. The number of carbonyl (C=O) groups excluding carboxylic acids is 1. The van der Waals surface area contributed by atoms with Crippen molar-refractivity contribution in [3.05, 3.63) is 17.7 Å². The summed E-state index contributed by atoms with van der Waals surface area (Å²) in [6.45, 7) is 0. The standard InChI is InChI=1S/C8H10N2O3/c1-13-8(12)5-2-4(9)3-6(10)7(5)11/h2-3,11H,9-10H2,1H3. The summed E-state index contributed by atoms with van der Waals surface area (Å²) in [5.41, 5.74) is 11.1. The molecule has 0 bridgehead atoms. The average molecular weight is 182 g/mol. The molecule has 5 nitrogen and oxygen atoms in total. The predicted octanol–water partition coefficient (Wildman–Crippen LogP) is 0.343. The van der Waals surface area contributed by atoms with E-state index in [9.17, 15) is 9.90 Å². The van der Waals surface area contributed by atoms with Gasteiger partial charge in [-0.05, 0) is 12.1 Å². The van der Waals surface area contributed by atoms with E-state index in [1.54, 1.807) is 0 Å². The van der Waals surface area contributed by atoms with Crippen LogP contribution in [0.1, 0.15) is 10.4 Å². The van der Waals surface area contributed by atoms with Crippen molar-refractivity contribution < 1.29 is 14.6 Å². The number of hydrogen-bond donors (Lipinski definition) is 3. The molecule has 0 spiro atoms. The monoisotopic (exact) mass is 182 g/mol. The Kier molecular flexibility index (Phi) is 2.27. The Labute approximate surface area is 74.9 Å². The second kappa shape index (κ2) is 3.22. The number of rotatable bonds is 1. The van der Waals surface area contributed by atoms with Gasteiger partial charge in [0.15, 0.2) is 5.75 Å². The second-order valence-electron chi connectivity index (χ2n) is 2.50. The highest BCUT2D eigenvalue weighted by atomic mass is 16.5. The molecule has 0 fully saturated rings. The molecule has 1 aromatic carbocycles. The molecule has 0 amide bonds. The maximum absolute atomic E-state index is 11.0. The van der Waals surface area contributed by atoms with Crippen LogP contribution in [-0.4, -0.2) is 18.2 Å². The first-order valence-electron chi connectivity index (χ1n) is 3.52. The summed E-state index contributed by atoms with van der Waals surface area (Å²) in [6, 6.07) is 2.67. The number of esters is 1. The number of nitrogens with two attached hydrogens (primary N) is 2. The molecule has 0 aliphatic rings. The highest BCUT2D eigenvalue weighted by Crippen LogP contribution is 2.28. The van der Waals surface area contributed by atoms with Crippen LogP contribution in [-0.2, 0) is 4.74 Å². The van der Waals surface area contributed by atoms with Gasteiger partial charge in [0.1, 0.15) is 5.56 Å². The lowest BCUT2D eigenvalue weighted by Gasteiger charge is -2.06. The Bertz CT molecular complexity index is 349. The second-order valence-corrected chi connectivity index (χ2v) is 2.50. The third-order valence-electron chi connectivity index (χ3n) is 1.57. The van der Waals surface area contributed by atoms with Crippen molar-refractivity contribution >= 4 is 17.3 Å². The van der Waals surface area contributed by atoms with Crippen molar-refractivity contribution in [2.24, 2.45) is 0 Å². The fraction of sp³-hybridized carbons (Fsp3) is 0.125. The fourth-order valence-electron chi connectivity index (χ4n) is 0.946. The highest BCUT2D eigenvalue weighted by Gasteiger charge is 2.14. The highest BCUT2D eigenvalue weighted by molar-refractivity contribution is 5.95. The van der Waals surface area contributed by atoms with Gasteiger partial charge in [0.2, 0.25) is 0 Å². The van der Waals surface area contributed by atoms with E-state index in [1.807, 2.05) is 0 Å².